The zero-order valence-corrected chi connectivity index (χ0v) is 12.4. The van der Waals surface area contributed by atoms with Crippen molar-refractivity contribution in [1.29, 1.82) is 0 Å². The van der Waals surface area contributed by atoms with Gasteiger partial charge in [0.2, 0.25) is 0 Å². The average molecular weight is 299 g/mol. The second-order valence-corrected chi connectivity index (χ2v) is 6.78. The lowest BCUT2D eigenvalue weighted by molar-refractivity contribution is 0.746. The summed E-state index contributed by atoms with van der Waals surface area (Å²) >= 11 is 7.79. The molecule has 3 rings (SSSR count). The fourth-order valence-electron chi connectivity index (χ4n) is 2.34. The van der Waals surface area contributed by atoms with Crippen LogP contribution >= 0.6 is 23.4 Å². The summed E-state index contributed by atoms with van der Waals surface area (Å²) in [7, 11) is 0. The minimum absolute atomic E-state index is 0.369. The molecule has 6 heteroatoms. The second-order valence-electron chi connectivity index (χ2n) is 5.44. The number of nitrogens with two attached hydrogens (primary N) is 1. The van der Waals surface area contributed by atoms with Crippen molar-refractivity contribution >= 4 is 34.9 Å². The Morgan fingerprint density at radius 2 is 1.95 bits per heavy atom. The van der Waals surface area contributed by atoms with Crippen LogP contribution in [0.25, 0.3) is 0 Å². The molecule has 1 aromatic rings. The van der Waals surface area contributed by atoms with Gasteiger partial charge in [0.25, 0.3) is 0 Å². The molecule has 3 N–H and O–H groups in total. The molecule has 2 aliphatic rings. The van der Waals surface area contributed by atoms with Gasteiger partial charge in [0.05, 0.1) is 0 Å². The zero-order valence-electron chi connectivity index (χ0n) is 10.9. The number of nitrogens with one attached hydrogen (secondary N) is 1. The molecule has 19 heavy (non-hydrogen) atoms. The summed E-state index contributed by atoms with van der Waals surface area (Å²) in [5.41, 5.74) is 6.45. The Hall–Kier alpha value is -0.680. The third-order valence-corrected chi connectivity index (χ3v) is 5.09. The topological polar surface area (TPSA) is 63.8 Å². The fourth-order valence-corrected chi connectivity index (χ4v) is 3.59. The summed E-state index contributed by atoms with van der Waals surface area (Å²) in [5.74, 6) is 2.64. The maximum absolute atomic E-state index is 6.11. The van der Waals surface area contributed by atoms with Gasteiger partial charge >= 0.3 is 0 Å². The molecule has 1 heterocycles. The highest BCUT2D eigenvalue weighted by Crippen LogP contribution is 2.36. The van der Waals surface area contributed by atoms with E-state index in [1.54, 1.807) is 11.8 Å². The Balaban J connectivity index is 1.71. The molecule has 104 valence electrons. The Morgan fingerprint density at radius 3 is 2.63 bits per heavy atom. The van der Waals surface area contributed by atoms with Crippen LogP contribution in [0.1, 0.15) is 38.5 Å². The monoisotopic (exact) mass is 298 g/mol. The lowest BCUT2D eigenvalue weighted by Gasteiger charge is -2.15. The predicted molar refractivity (Wildman–Crippen MR) is 80.8 cm³/mol. The quantitative estimate of drug-likeness (QED) is 0.494. The van der Waals surface area contributed by atoms with Crippen molar-refractivity contribution in [1.82, 2.24) is 9.97 Å². The van der Waals surface area contributed by atoms with Crippen molar-refractivity contribution < 1.29 is 0 Å². The highest BCUT2D eigenvalue weighted by Gasteiger charge is 2.23. The van der Waals surface area contributed by atoms with E-state index in [9.17, 15) is 0 Å². The first-order valence-corrected chi connectivity index (χ1v) is 8.31. The molecule has 1 aromatic heterocycles. The van der Waals surface area contributed by atoms with Crippen LogP contribution in [0.3, 0.4) is 0 Å². The van der Waals surface area contributed by atoms with Gasteiger partial charge in [0.15, 0.2) is 16.1 Å². The molecule has 0 bridgehead atoms. The average Bonchev–Trinajstić information content (AvgIpc) is 3.09. The van der Waals surface area contributed by atoms with E-state index in [0.717, 1.165) is 16.8 Å². The maximum atomic E-state index is 6.11. The minimum Gasteiger partial charge on any atom is -0.393 e. The second kappa shape index (κ2) is 5.75. The summed E-state index contributed by atoms with van der Waals surface area (Å²) in [6.07, 6.45) is 7.60. The van der Waals surface area contributed by atoms with Gasteiger partial charge < -0.3 is 11.1 Å². The molecule has 0 radical (unpaired) electrons. The molecule has 0 unspecified atom stereocenters. The molecule has 0 aliphatic heterocycles. The summed E-state index contributed by atoms with van der Waals surface area (Å²) in [6, 6.07) is 0.481. The van der Waals surface area contributed by atoms with Crippen molar-refractivity contribution in [3.05, 3.63) is 5.15 Å². The standard InChI is InChI=1S/C13H19ClN4S/c14-11-10(15)12(16-9-3-1-2-4-9)18-13(17-11)19-7-8-5-6-8/h8-9H,1-7,15H2,(H,16,17,18). The van der Waals surface area contributed by atoms with Gasteiger partial charge in [-0.1, -0.05) is 36.2 Å². The molecule has 0 spiro atoms. The molecule has 2 saturated carbocycles. The molecule has 0 aromatic carbocycles. The molecule has 0 saturated heterocycles. The first kappa shape index (κ1) is 13.3. The molecule has 2 fully saturated rings. The normalized spacial score (nSPS) is 19.8. The van der Waals surface area contributed by atoms with Crippen molar-refractivity contribution in [2.45, 2.75) is 49.7 Å². The lowest BCUT2D eigenvalue weighted by atomic mass is 10.2. The van der Waals surface area contributed by atoms with E-state index in [4.69, 9.17) is 17.3 Å². The molecule has 2 aliphatic carbocycles. The van der Waals surface area contributed by atoms with Gasteiger partial charge in [-0.3, -0.25) is 0 Å². The van der Waals surface area contributed by atoms with E-state index in [2.05, 4.69) is 15.3 Å². The van der Waals surface area contributed by atoms with Crippen LogP contribution in [0, 0.1) is 5.92 Å². The van der Waals surface area contributed by atoms with E-state index in [0.29, 0.717) is 22.7 Å². The van der Waals surface area contributed by atoms with Gasteiger partial charge in [0.1, 0.15) is 5.69 Å². The molecular weight excluding hydrogens is 280 g/mol. The number of rotatable bonds is 5. The fraction of sp³-hybridized carbons (Fsp3) is 0.692. The van der Waals surface area contributed by atoms with Crippen molar-refractivity contribution in [3.63, 3.8) is 0 Å². The summed E-state index contributed by atoms with van der Waals surface area (Å²) < 4.78 is 0. The van der Waals surface area contributed by atoms with E-state index in [1.165, 1.54) is 38.5 Å². The number of anilines is 2. The first-order chi connectivity index (χ1) is 9.22. The Bertz CT molecular complexity index is 458. The van der Waals surface area contributed by atoms with E-state index >= 15 is 0 Å². The number of halogens is 1. The Labute approximate surface area is 122 Å². The Kier molecular flexibility index (Phi) is 4.03. The third kappa shape index (κ3) is 3.45. The number of aromatic nitrogens is 2. The van der Waals surface area contributed by atoms with E-state index in [1.807, 2.05) is 0 Å². The van der Waals surface area contributed by atoms with Crippen molar-refractivity contribution in [2.75, 3.05) is 16.8 Å². The Morgan fingerprint density at radius 1 is 1.21 bits per heavy atom. The number of nitrogens with zero attached hydrogens (tertiary/aromatic N) is 2. The summed E-state index contributed by atoms with van der Waals surface area (Å²) in [4.78, 5) is 8.79. The minimum atomic E-state index is 0.369. The molecular formula is C13H19ClN4S. The van der Waals surface area contributed by atoms with Crippen LogP contribution in [-0.2, 0) is 0 Å². The number of hydrogen-bond donors (Lipinski definition) is 2. The van der Waals surface area contributed by atoms with Gasteiger partial charge in [0, 0.05) is 11.8 Å². The highest BCUT2D eigenvalue weighted by molar-refractivity contribution is 7.99. The third-order valence-electron chi connectivity index (χ3n) is 3.72. The van der Waals surface area contributed by atoms with Crippen LogP contribution in [-0.4, -0.2) is 21.8 Å². The number of hydrogen-bond acceptors (Lipinski definition) is 5. The smallest absolute Gasteiger partial charge is 0.191 e. The largest absolute Gasteiger partial charge is 0.393 e. The first-order valence-electron chi connectivity index (χ1n) is 6.94. The van der Waals surface area contributed by atoms with Crippen LogP contribution in [0.4, 0.5) is 11.5 Å². The number of thioether (sulfide) groups is 1. The van der Waals surface area contributed by atoms with E-state index in [-0.39, 0.29) is 0 Å². The molecule has 4 nitrogen and oxygen atoms in total. The van der Waals surface area contributed by atoms with Gasteiger partial charge in [-0.05, 0) is 31.6 Å². The summed E-state index contributed by atoms with van der Waals surface area (Å²) in [6.45, 7) is 0. The number of nitrogen functional groups attached to an aromatic ring is 1. The van der Waals surface area contributed by atoms with Gasteiger partial charge in [-0.2, -0.15) is 0 Å². The van der Waals surface area contributed by atoms with Crippen LogP contribution in [0.2, 0.25) is 5.15 Å². The summed E-state index contributed by atoms with van der Waals surface area (Å²) in [5, 5.41) is 4.53. The highest BCUT2D eigenvalue weighted by atomic mass is 35.5. The lowest BCUT2D eigenvalue weighted by Crippen LogP contribution is -2.17. The van der Waals surface area contributed by atoms with Crippen molar-refractivity contribution in [2.24, 2.45) is 5.92 Å². The maximum Gasteiger partial charge on any atom is 0.191 e. The van der Waals surface area contributed by atoms with Gasteiger partial charge in [-0.25, -0.2) is 9.97 Å². The van der Waals surface area contributed by atoms with Crippen LogP contribution < -0.4 is 11.1 Å². The van der Waals surface area contributed by atoms with Gasteiger partial charge in [-0.15, -0.1) is 0 Å². The zero-order chi connectivity index (χ0) is 13.2. The van der Waals surface area contributed by atoms with Crippen molar-refractivity contribution in [3.8, 4) is 0 Å². The predicted octanol–water partition coefficient (Wildman–Crippen LogP) is 3.57. The molecule has 0 atom stereocenters. The van der Waals surface area contributed by atoms with E-state index < -0.39 is 0 Å². The SMILES string of the molecule is Nc1c(Cl)nc(SCC2CC2)nc1NC1CCCC1. The van der Waals surface area contributed by atoms with Crippen LogP contribution in [0.15, 0.2) is 5.16 Å². The molecule has 0 amide bonds. The van der Waals surface area contributed by atoms with Crippen LogP contribution in [0.5, 0.6) is 0 Å².